The van der Waals surface area contributed by atoms with Crippen molar-refractivity contribution in [1.29, 1.82) is 0 Å². The van der Waals surface area contributed by atoms with Gasteiger partial charge in [-0.1, -0.05) is 17.3 Å². The monoisotopic (exact) mass is 369 g/mol. The average molecular weight is 369 g/mol. The van der Waals surface area contributed by atoms with Crippen LogP contribution in [0.4, 0.5) is 5.69 Å². The van der Waals surface area contributed by atoms with Crippen LogP contribution in [0.25, 0.3) is 0 Å². The first kappa shape index (κ1) is 17.6. The quantitative estimate of drug-likeness (QED) is 0.831. The molecule has 1 aliphatic carbocycles. The highest BCUT2D eigenvalue weighted by atomic mass is 16.5. The van der Waals surface area contributed by atoms with E-state index >= 15 is 0 Å². The molecule has 0 spiro atoms. The van der Waals surface area contributed by atoms with E-state index in [4.69, 9.17) is 9.26 Å². The molecular weight excluding hydrogens is 346 g/mol. The van der Waals surface area contributed by atoms with Crippen molar-refractivity contribution in [2.75, 3.05) is 25.1 Å². The Bertz CT molecular complexity index is 876. The number of carbonyl (C=O) groups excluding carboxylic acids is 2. The molecule has 1 aromatic heterocycles. The maximum absolute atomic E-state index is 13.1. The molecule has 0 radical (unpaired) electrons. The Morgan fingerprint density at radius 2 is 2.04 bits per heavy atom. The molecule has 2 amide bonds. The van der Waals surface area contributed by atoms with Gasteiger partial charge in [0.1, 0.15) is 12.3 Å². The first-order valence-corrected chi connectivity index (χ1v) is 9.32. The number of para-hydroxylation sites is 2. The number of anilines is 1. The molecule has 2 heterocycles. The molecule has 1 aliphatic heterocycles. The van der Waals surface area contributed by atoms with Crippen LogP contribution in [0.15, 0.2) is 28.8 Å². The topological polar surface area (TPSA) is 75.9 Å². The van der Waals surface area contributed by atoms with Gasteiger partial charge in [-0.3, -0.25) is 9.59 Å². The van der Waals surface area contributed by atoms with Crippen molar-refractivity contribution < 1.29 is 18.8 Å². The van der Waals surface area contributed by atoms with Crippen molar-refractivity contribution in [3.8, 4) is 5.75 Å². The second kappa shape index (κ2) is 7.06. The highest BCUT2D eigenvalue weighted by Crippen LogP contribution is 2.31. The standard InChI is InChI=1S/C20H23N3O4/c1-13-11-23(16-9-5-6-10-17(16)26-2)18(24)12-22(13)20(25)19-14-7-3-4-8-15(14)21-27-19/h5-6,9-10,13H,3-4,7-8,11-12H2,1-2H3/t13-/m0/s1. The number of aryl methyl sites for hydroxylation is 1. The van der Waals surface area contributed by atoms with Crippen molar-refractivity contribution in [3.05, 3.63) is 41.3 Å². The maximum atomic E-state index is 13.1. The summed E-state index contributed by atoms with van der Waals surface area (Å²) in [6.45, 7) is 2.35. The van der Waals surface area contributed by atoms with Crippen molar-refractivity contribution in [2.45, 2.75) is 38.6 Å². The van der Waals surface area contributed by atoms with E-state index in [2.05, 4.69) is 5.16 Å². The Morgan fingerprint density at radius 1 is 1.26 bits per heavy atom. The number of aromatic nitrogens is 1. The Balaban J connectivity index is 1.56. The molecule has 1 atom stereocenters. The van der Waals surface area contributed by atoms with E-state index in [-0.39, 0.29) is 24.4 Å². The maximum Gasteiger partial charge on any atom is 0.293 e. The number of nitrogens with zero attached hydrogens (tertiary/aromatic N) is 3. The molecule has 2 aliphatic rings. The molecule has 142 valence electrons. The zero-order chi connectivity index (χ0) is 19.0. The number of rotatable bonds is 3. The number of hydrogen-bond donors (Lipinski definition) is 0. The largest absolute Gasteiger partial charge is 0.495 e. The summed E-state index contributed by atoms with van der Waals surface area (Å²) in [4.78, 5) is 29.1. The molecule has 2 aromatic rings. The minimum Gasteiger partial charge on any atom is -0.495 e. The molecule has 7 heteroatoms. The Labute approximate surface area is 157 Å². The third kappa shape index (κ3) is 3.07. The van der Waals surface area contributed by atoms with Crippen LogP contribution in [-0.4, -0.2) is 48.1 Å². The SMILES string of the molecule is COc1ccccc1N1C[C@H](C)N(C(=O)c2onc3c2CCCC3)CC1=O. The van der Waals surface area contributed by atoms with Gasteiger partial charge in [-0.15, -0.1) is 0 Å². The normalized spacial score (nSPS) is 19.8. The van der Waals surface area contributed by atoms with Gasteiger partial charge < -0.3 is 19.1 Å². The van der Waals surface area contributed by atoms with E-state index in [9.17, 15) is 9.59 Å². The first-order chi connectivity index (χ1) is 13.1. The van der Waals surface area contributed by atoms with Crippen LogP contribution < -0.4 is 9.64 Å². The minimum atomic E-state index is -0.244. The van der Waals surface area contributed by atoms with Gasteiger partial charge in [0.2, 0.25) is 11.7 Å². The van der Waals surface area contributed by atoms with Gasteiger partial charge >= 0.3 is 0 Å². The average Bonchev–Trinajstić information content (AvgIpc) is 3.13. The lowest BCUT2D eigenvalue weighted by Gasteiger charge is -2.39. The highest BCUT2D eigenvalue weighted by Gasteiger charge is 2.37. The van der Waals surface area contributed by atoms with Crippen LogP contribution in [-0.2, 0) is 17.6 Å². The summed E-state index contributed by atoms with van der Waals surface area (Å²) in [7, 11) is 1.58. The lowest BCUT2D eigenvalue weighted by atomic mass is 9.95. The van der Waals surface area contributed by atoms with E-state index < -0.39 is 0 Å². The van der Waals surface area contributed by atoms with E-state index in [1.165, 1.54) is 0 Å². The van der Waals surface area contributed by atoms with Crippen molar-refractivity contribution >= 4 is 17.5 Å². The molecule has 1 saturated heterocycles. The molecule has 27 heavy (non-hydrogen) atoms. The summed E-state index contributed by atoms with van der Waals surface area (Å²) >= 11 is 0. The number of benzene rings is 1. The van der Waals surface area contributed by atoms with Gasteiger partial charge in [-0.2, -0.15) is 0 Å². The van der Waals surface area contributed by atoms with Gasteiger partial charge in [-0.25, -0.2) is 0 Å². The van der Waals surface area contributed by atoms with Crippen LogP contribution in [0.5, 0.6) is 5.75 Å². The number of hydrogen-bond acceptors (Lipinski definition) is 5. The number of ether oxygens (including phenoxy) is 1. The predicted octanol–water partition coefficient (Wildman–Crippen LogP) is 2.44. The number of carbonyl (C=O) groups is 2. The Kier molecular flexibility index (Phi) is 4.59. The van der Waals surface area contributed by atoms with Gasteiger partial charge in [0.05, 0.1) is 18.5 Å². The van der Waals surface area contributed by atoms with Gasteiger partial charge in [0, 0.05) is 18.2 Å². The fourth-order valence-corrected chi connectivity index (χ4v) is 3.90. The summed E-state index contributed by atoms with van der Waals surface area (Å²) in [6, 6.07) is 7.26. The van der Waals surface area contributed by atoms with Crippen LogP contribution in [0.1, 0.15) is 41.6 Å². The fraction of sp³-hybridized carbons (Fsp3) is 0.450. The second-order valence-corrected chi connectivity index (χ2v) is 7.10. The number of amides is 2. The second-order valence-electron chi connectivity index (χ2n) is 7.10. The third-order valence-corrected chi connectivity index (χ3v) is 5.38. The molecular formula is C20H23N3O4. The van der Waals surface area contributed by atoms with Crippen molar-refractivity contribution in [1.82, 2.24) is 10.1 Å². The lowest BCUT2D eigenvalue weighted by Crippen LogP contribution is -2.57. The molecule has 1 fully saturated rings. The summed E-state index contributed by atoms with van der Waals surface area (Å²) < 4.78 is 10.8. The van der Waals surface area contributed by atoms with Gasteiger partial charge in [0.15, 0.2) is 0 Å². The van der Waals surface area contributed by atoms with E-state index in [0.29, 0.717) is 18.1 Å². The van der Waals surface area contributed by atoms with E-state index in [0.717, 1.165) is 42.6 Å². The minimum absolute atomic E-state index is 0.00746. The van der Waals surface area contributed by atoms with Crippen LogP contribution in [0.2, 0.25) is 0 Å². The molecule has 0 bridgehead atoms. The number of methoxy groups -OCH3 is 1. The van der Waals surface area contributed by atoms with E-state index in [1.807, 2.05) is 31.2 Å². The highest BCUT2D eigenvalue weighted by molar-refractivity contribution is 6.02. The summed E-state index contributed by atoms with van der Waals surface area (Å²) in [5.74, 6) is 0.558. The van der Waals surface area contributed by atoms with Crippen molar-refractivity contribution in [3.63, 3.8) is 0 Å². The Morgan fingerprint density at radius 3 is 2.85 bits per heavy atom. The molecule has 0 N–H and O–H groups in total. The van der Waals surface area contributed by atoms with Crippen LogP contribution in [0.3, 0.4) is 0 Å². The lowest BCUT2D eigenvalue weighted by molar-refractivity contribution is -0.121. The smallest absolute Gasteiger partial charge is 0.293 e. The van der Waals surface area contributed by atoms with E-state index in [1.54, 1.807) is 16.9 Å². The summed E-state index contributed by atoms with van der Waals surface area (Å²) in [5.41, 5.74) is 2.52. The summed E-state index contributed by atoms with van der Waals surface area (Å²) in [6.07, 6.45) is 3.76. The molecule has 7 nitrogen and oxygen atoms in total. The summed E-state index contributed by atoms with van der Waals surface area (Å²) in [5, 5.41) is 4.07. The predicted molar refractivity (Wildman–Crippen MR) is 99.0 cm³/mol. The molecule has 0 unspecified atom stereocenters. The van der Waals surface area contributed by atoms with Crippen molar-refractivity contribution in [2.24, 2.45) is 0 Å². The molecule has 0 saturated carbocycles. The Hall–Kier alpha value is -2.83. The van der Waals surface area contributed by atoms with Gasteiger partial charge in [0.25, 0.3) is 5.91 Å². The number of fused-ring (bicyclic) bond motifs is 1. The van der Waals surface area contributed by atoms with Crippen LogP contribution in [0, 0.1) is 0 Å². The fourth-order valence-electron chi connectivity index (χ4n) is 3.90. The molecule has 4 rings (SSSR count). The zero-order valence-electron chi connectivity index (χ0n) is 15.6. The van der Waals surface area contributed by atoms with Gasteiger partial charge in [-0.05, 0) is 44.7 Å². The zero-order valence-corrected chi connectivity index (χ0v) is 15.6. The molecule has 1 aromatic carbocycles. The first-order valence-electron chi connectivity index (χ1n) is 9.32. The number of piperazine rings is 1. The third-order valence-electron chi connectivity index (χ3n) is 5.38. The van der Waals surface area contributed by atoms with Crippen LogP contribution >= 0.6 is 0 Å².